The van der Waals surface area contributed by atoms with Crippen molar-refractivity contribution in [3.63, 3.8) is 0 Å². The lowest BCUT2D eigenvalue weighted by Crippen LogP contribution is -2.19. The summed E-state index contributed by atoms with van der Waals surface area (Å²) in [7, 11) is 2.34. The van der Waals surface area contributed by atoms with E-state index in [4.69, 9.17) is 9.47 Å². The molecule has 0 saturated heterocycles. The second kappa shape index (κ2) is 6.66. The Hall–Kier alpha value is -2.94. The summed E-state index contributed by atoms with van der Waals surface area (Å²) in [5.41, 5.74) is 1.84. The van der Waals surface area contributed by atoms with E-state index in [9.17, 15) is 13.2 Å². The maximum absolute atomic E-state index is 13.0. The topological polar surface area (TPSA) is 91.6 Å². The van der Waals surface area contributed by atoms with Gasteiger partial charge in [0.25, 0.3) is 10.0 Å². The van der Waals surface area contributed by atoms with Crippen LogP contribution in [-0.4, -0.2) is 31.8 Å². The van der Waals surface area contributed by atoms with Crippen LogP contribution in [0.15, 0.2) is 40.0 Å². The van der Waals surface area contributed by atoms with E-state index in [1.54, 1.807) is 45.3 Å². The molecule has 2 aromatic carbocycles. The van der Waals surface area contributed by atoms with E-state index < -0.39 is 10.0 Å². The van der Waals surface area contributed by atoms with Crippen LogP contribution in [-0.2, 0) is 24.1 Å². The lowest BCUT2D eigenvalue weighted by Gasteiger charge is -2.13. The Morgan fingerprint density at radius 2 is 1.41 bits per heavy atom. The van der Waals surface area contributed by atoms with E-state index in [-0.39, 0.29) is 10.6 Å². The van der Waals surface area contributed by atoms with Crippen molar-refractivity contribution in [3.8, 4) is 11.5 Å². The fourth-order valence-corrected chi connectivity index (χ4v) is 4.28. The number of sulfonamides is 1. The van der Waals surface area contributed by atoms with Crippen molar-refractivity contribution >= 4 is 26.7 Å². The van der Waals surface area contributed by atoms with Gasteiger partial charge in [-0.05, 0) is 24.6 Å². The SMILES string of the molecule is COc1cc(NS(=O)(=O)c2cc3c(cc2C)n(C)c(=O)n3C)cc(OC)c1. The standard InChI is InChI=1S/C18H21N3O5S/c1-11-6-15-16(21(3)18(22)20(15)2)10-17(11)27(23,24)19-12-7-13(25-4)9-14(8-12)26-5/h6-10,19H,1-5H3. The summed E-state index contributed by atoms with van der Waals surface area (Å²) in [5, 5.41) is 0. The van der Waals surface area contributed by atoms with Crippen molar-refractivity contribution in [3.05, 3.63) is 46.4 Å². The number of ether oxygens (including phenoxy) is 2. The molecular weight excluding hydrogens is 370 g/mol. The smallest absolute Gasteiger partial charge is 0.328 e. The Morgan fingerprint density at radius 3 is 1.93 bits per heavy atom. The third-order valence-electron chi connectivity index (χ3n) is 4.46. The predicted molar refractivity (Wildman–Crippen MR) is 103 cm³/mol. The van der Waals surface area contributed by atoms with E-state index in [0.29, 0.717) is 33.8 Å². The molecule has 0 unspecified atom stereocenters. The predicted octanol–water partition coefficient (Wildman–Crippen LogP) is 2.00. The first-order valence-electron chi connectivity index (χ1n) is 8.10. The van der Waals surface area contributed by atoms with Crippen molar-refractivity contribution in [2.45, 2.75) is 11.8 Å². The maximum Gasteiger partial charge on any atom is 0.328 e. The van der Waals surface area contributed by atoms with Crippen LogP contribution in [0.3, 0.4) is 0 Å². The molecule has 9 heteroatoms. The number of nitrogens with zero attached hydrogens (tertiary/aromatic N) is 2. The molecule has 0 aliphatic heterocycles. The average Bonchev–Trinajstić information content (AvgIpc) is 2.84. The number of nitrogens with one attached hydrogen (secondary N) is 1. The van der Waals surface area contributed by atoms with E-state index >= 15 is 0 Å². The molecule has 8 nitrogen and oxygen atoms in total. The molecule has 0 bridgehead atoms. The number of fused-ring (bicyclic) bond motifs is 1. The molecule has 3 aromatic rings. The van der Waals surface area contributed by atoms with Crippen molar-refractivity contribution in [1.29, 1.82) is 0 Å². The molecule has 0 aliphatic carbocycles. The van der Waals surface area contributed by atoms with Gasteiger partial charge in [0.05, 0.1) is 35.8 Å². The number of aromatic nitrogens is 2. The summed E-state index contributed by atoms with van der Waals surface area (Å²) in [5.74, 6) is 0.925. The van der Waals surface area contributed by atoms with Gasteiger partial charge in [-0.1, -0.05) is 0 Å². The van der Waals surface area contributed by atoms with Crippen LogP contribution in [0.1, 0.15) is 5.56 Å². The zero-order valence-corrected chi connectivity index (χ0v) is 16.5. The van der Waals surface area contributed by atoms with Gasteiger partial charge in [0.1, 0.15) is 11.5 Å². The summed E-state index contributed by atoms with van der Waals surface area (Å²) in [6.07, 6.45) is 0. The number of hydrogen-bond acceptors (Lipinski definition) is 5. The zero-order valence-electron chi connectivity index (χ0n) is 15.7. The first-order chi connectivity index (χ1) is 12.7. The van der Waals surface area contributed by atoms with Crippen LogP contribution < -0.4 is 19.9 Å². The molecule has 0 atom stereocenters. The molecule has 1 N–H and O–H groups in total. The van der Waals surface area contributed by atoms with Crippen LogP contribution >= 0.6 is 0 Å². The molecule has 0 amide bonds. The van der Waals surface area contributed by atoms with Gasteiger partial charge in [-0.2, -0.15) is 0 Å². The van der Waals surface area contributed by atoms with E-state index in [1.807, 2.05) is 0 Å². The molecular formula is C18H21N3O5S. The number of anilines is 1. The largest absolute Gasteiger partial charge is 0.497 e. The van der Waals surface area contributed by atoms with E-state index in [0.717, 1.165) is 0 Å². The Kier molecular flexibility index (Phi) is 4.64. The average molecular weight is 391 g/mol. The molecule has 144 valence electrons. The maximum atomic E-state index is 13.0. The number of imidazole rings is 1. The summed E-state index contributed by atoms with van der Waals surface area (Å²) >= 11 is 0. The third kappa shape index (κ3) is 3.25. The summed E-state index contributed by atoms with van der Waals surface area (Å²) in [4.78, 5) is 12.2. The summed E-state index contributed by atoms with van der Waals surface area (Å²) in [6, 6.07) is 7.97. The van der Waals surface area contributed by atoms with Crippen molar-refractivity contribution in [2.75, 3.05) is 18.9 Å². The minimum atomic E-state index is -3.89. The van der Waals surface area contributed by atoms with Crippen LogP contribution in [0.4, 0.5) is 5.69 Å². The lowest BCUT2D eigenvalue weighted by molar-refractivity contribution is 0.395. The quantitative estimate of drug-likeness (QED) is 0.718. The first kappa shape index (κ1) is 18.8. The van der Waals surface area contributed by atoms with Crippen LogP contribution in [0, 0.1) is 6.92 Å². The fraction of sp³-hybridized carbons (Fsp3) is 0.278. The van der Waals surface area contributed by atoms with Gasteiger partial charge in [0.2, 0.25) is 0 Å². The zero-order chi connectivity index (χ0) is 19.9. The van der Waals surface area contributed by atoms with Gasteiger partial charge < -0.3 is 9.47 Å². The van der Waals surface area contributed by atoms with Gasteiger partial charge in [-0.15, -0.1) is 0 Å². The van der Waals surface area contributed by atoms with Gasteiger partial charge in [-0.25, -0.2) is 13.2 Å². The molecule has 0 fully saturated rings. The Labute approximate surface area is 157 Å². The molecule has 27 heavy (non-hydrogen) atoms. The van der Waals surface area contributed by atoms with Crippen molar-refractivity contribution < 1.29 is 17.9 Å². The highest BCUT2D eigenvalue weighted by molar-refractivity contribution is 7.92. The van der Waals surface area contributed by atoms with Crippen molar-refractivity contribution in [1.82, 2.24) is 9.13 Å². The normalized spacial score (nSPS) is 11.6. The number of methoxy groups -OCH3 is 2. The van der Waals surface area contributed by atoms with Crippen molar-refractivity contribution in [2.24, 2.45) is 14.1 Å². The highest BCUT2D eigenvalue weighted by Crippen LogP contribution is 2.29. The minimum Gasteiger partial charge on any atom is -0.497 e. The number of hydrogen-bond donors (Lipinski definition) is 1. The monoisotopic (exact) mass is 391 g/mol. The summed E-state index contributed by atoms with van der Waals surface area (Å²) < 4.78 is 41.8. The van der Waals surface area contributed by atoms with Gasteiger partial charge in [-0.3, -0.25) is 13.9 Å². The third-order valence-corrected chi connectivity index (χ3v) is 5.99. The fourth-order valence-electron chi connectivity index (χ4n) is 3.00. The lowest BCUT2D eigenvalue weighted by atomic mass is 10.2. The van der Waals surface area contributed by atoms with E-state index in [2.05, 4.69) is 4.72 Å². The summed E-state index contributed by atoms with van der Waals surface area (Å²) in [6.45, 7) is 1.69. The number of aryl methyl sites for hydroxylation is 3. The van der Waals surface area contributed by atoms with Crippen LogP contribution in [0.25, 0.3) is 11.0 Å². The highest BCUT2D eigenvalue weighted by atomic mass is 32.2. The highest BCUT2D eigenvalue weighted by Gasteiger charge is 2.21. The minimum absolute atomic E-state index is 0.0954. The van der Waals surface area contributed by atoms with E-state index in [1.165, 1.54) is 29.4 Å². The van der Waals surface area contributed by atoms with Crippen LogP contribution in [0.5, 0.6) is 11.5 Å². The Morgan fingerprint density at radius 1 is 0.889 bits per heavy atom. The van der Waals surface area contributed by atoms with Crippen LogP contribution in [0.2, 0.25) is 0 Å². The Balaban J connectivity index is 2.11. The molecule has 3 rings (SSSR count). The second-order valence-corrected chi connectivity index (χ2v) is 7.86. The molecule has 1 heterocycles. The molecule has 0 radical (unpaired) electrons. The van der Waals surface area contributed by atoms with Gasteiger partial charge in [0, 0.05) is 32.3 Å². The first-order valence-corrected chi connectivity index (χ1v) is 9.58. The van der Waals surface area contributed by atoms with Gasteiger partial charge >= 0.3 is 5.69 Å². The number of rotatable bonds is 5. The van der Waals surface area contributed by atoms with Gasteiger partial charge in [0.15, 0.2) is 0 Å². The Bertz CT molecular complexity index is 1170. The molecule has 0 saturated carbocycles. The second-order valence-electron chi connectivity index (χ2n) is 6.21. The molecule has 0 spiro atoms. The molecule has 0 aliphatic rings. The molecule has 1 aromatic heterocycles. The number of benzene rings is 2.